The summed E-state index contributed by atoms with van der Waals surface area (Å²) in [7, 11) is 4.18. The van der Waals surface area contributed by atoms with E-state index in [2.05, 4.69) is 24.3 Å². The summed E-state index contributed by atoms with van der Waals surface area (Å²) in [4.78, 5) is 25.6. The van der Waals surface area contributed by atoms with E-state index in [1.807, 2.05) is 0 Å². The zero-order chi connectivity index (χ0) is 17.6. The van der Waals surface area contributed by atoms with Crippen molar-refractivity contribution in [2.75, 3.05) is 27.2 Å². The smallest absolute Gasteiger partial charge is 0.258 e. The molecule has 1 aliphatic carbocycles. The van der Waals surface area contributed by atoms with Gasteiger partial charge < -0.3 is 15.0 Å². The Labute approximate surface area is 144 Å². The van der Waals surface area contributed by atoms with Crippen LogP contribution in [0.3, 0.4) is 0 Å². The van der Waals surface area contributed by atoms with Gasteiger partial charge in [0, 0.05) is 17.6 Å². The highest BCUT2D eigenvalue weighted by atomic mass is 16.5. The van der Waals surface area contributed by atoms with Crippen LogP contribution in [-0.2, 0) is 4.79 Å². The van der Waals surface area contributed by atoms with Crippen molar-refractivity contribution in [1.82, 2.24) is 10.2 Å². The van der Waals surface area contributed by atoms with E-state index in [0.29, 0.717) is 17.9 Å². The molecule has 1 fully saturated rings. The number of nitrogens with one attached hydrogen (secondary N) is 1. The van der Waals surface area contributed by atoms with Crippen LogP contribution in [0.2, 0.25) is 0 Å². The quantitative estimate of drug-likeness (QED) is 0.780. The highest BCUT2D eigenvalue weighted by Crippen LogP contribution is 2.31. The van der Waals surface area contributed by atoms with E-state index in [1.54, 1.807) is 24.3 Å². The van der Waals surface area contributed by atoms with E-state index >= 15 is 0 Å². The van der Waals surface area contributed by atoms with Gasteiger partial charge in [-0.15, -0.1) is 0 Å². The summed E-state index contributed by atoms with van der Waals surface area (Å²) in [5, 5.41) is 3.01. The van der Waals surface area contributed by atoms with Gasteiger partial charge >= 0.3 is 0 Å². The maximum absolute atomic E-state index is 12.1. The topological polar surface area (TPSA) is 58.6 Å². The predicted octanol–water partition coefficient (Wildman–Crippen LogP) is 2.65. The number of nitrogens with zero attached hydrogens (tertiary/aromatic N) is 1. The molecule has 0 bridgehead atoms. The van der Waals surface area contributed by atoms with Crippen LogP contribution in [0.25, 0.3) is 0 Å². The van der Waals surface area contributed by atoms with E-state index < -0.39 is 0 Å². The van der Waals surface area contributed by atoms with E-state index in [1.165, 1.54) is 26.2 Å². The van der Waals surface area contributed by atoms with Gasteiger partial charge in [-0.3, -0.25) is 9.59 Å². The molecule has 1 N–H and O–H groups in total. The van der Waals surface area contributed by atoms with Crippen molar-refractivity contribution in [2.24, 2.45) is 0 Å². The number of carbonyl (C=O) groups is 2. The SMILES string of the molecule is CC(=O)c1ccc(OCC(=O)NCC2(N(C)C)CCCCC2)cc1. The van der Waals surface area contributed by atoms with Crippen LogP contribution >= 0.6 is 0 Å². The predicted molar refractivity (Wildman–Crippen MR) is 94.5 cm³/mol. The molecule has 0 saturated heterocycles. The number of ether oxygens (including phenoxy) is 1. The average Bonchev–Trinajstić information content (AvgIpc) is 2.59. The molecule has 0 heterocycles. The lowest BCUT2D eigenvalue weighted by Gasteiger charge is -2.43. The lowest BCUT2D eigenvalue weighted by molar-refractivity contribution is -0.123. The van der Waals surface area contributed by atoms with Gasteiger partial charge in [-0.2, -0.15) is 0 Å². The van der Waals surface area contributed by atoms with Gasteiger partial charge in [-0.1, -0.05) is 19.3 Å². The molecule has 5 nitrogen and oxygen atoms in total. The molecule has 0 aromatic heterocycles. The Hall–Kier alpha value is -1.88. The van der Waals surface area contributed by atoms with Crippen LogP contribution in [0.15, 0.2) is 24.3 Å². The van der Waals surface area contributed by atoms with E-state index in [9.17, 15) is 9.59 Å². The maximum Gasteiger partial charge on any atom is 0.258 e. The first-order chi connectivity index (χ1) is 11.4. The highest BCUT2D eigenvalue weighted by molar-refractivity contribution is 5.94. The molecule has 0 unspecified atom stereocenters. The summed E-state index contributed by atoms with van der Waals surface area (Å²) in [6.07, 6.45) is 5.95. The van der Waals surface area contributed by atoms with Crippen molar-refractivity contribution >= 4 is 11.7 Å². The molecular formula is C19H28N2O3. The minimum Gasteiger partial charge on any atom is -0.484 e. The fraction of sp³-hybridized carbons (Fsp3) is 0.579. The van der Waals surface area contributed by atoms with Crippen molar-refractivity contribution in [3.05, 3.63) is 29.8 Å². The largest absolute Gasteiger partial charge is 0.484 e. The summed E-state index contributed by atoms with van der Waals surface area (Å²) < 4.78 is 5.50. The number of carbonyl (C=O) groups excluding carboxylic acids is 2. The minimum atomic E-state index is -0.113. The minimum absolute atomic E-state index is 0.0110. The molecule has 0 spiro atoms. The molecule has 2 rings (SSSR count). The monoisotopic (exact) mass is 332 g/mol. The van der Waals surface area contributed by atoms with Crippen LogP contribution in [0.4, 0.5) is 0 Å². The van der Waals surface area contributed by atoms with Gasteiger partial charge in [-0.25, -0.2) is 0 Å². The zero-order valence-corrected chi connectivity index (χ0v) is 14.9. The summed E-state index contributed by atoms with van der Waals surface area (Å²) in [6.45, 7) is 2.17. The van der Waals surface area contributed by atoms with Gasteiger partial charge in [0.05, 0.1) is 0 Å². The fourth-order valence-electron chi connectivity index (χ4n) is 3.24. The molecule has 1 aromatic carbocycles. The lowest BCUT2D eigenvalue weighted by atomic mass is 9.80. The molecule has 1 aliphatic rings. The van der Waals surface area contributed by atoms with Gasteiger partial charge in [0.25, 0.3) is 5.91 Å². The van der Waals surface area contributed by atoms with Gasteiger partial charge in [0.1, 0.15) is 5.75 Å². The molecule has 1 aromatic rings. The highest BCUT2D eigenvalue weighted by Gasteiger charge is 2.34. The van der Waals surface area contributed by atoms with Crippen molar-refractivity contribution in [3.63, 3.8) is 0 Å². The number of hydrogen-bond acceptors (Lipinski definition) is 4. The Morgan fingerprint density at radius 3 is 2.29 bits per heavy atom. The molecule has 0 aliphatic heterocycles. The molecule has 1 amide bonds. The number of Topliss-reactive ketones (excluding diaryl/α,β-unsaturated/α-hetero) is 1. The lowest BCUT2D eigenvalue weighted by Crippen LogP contribution is -2.54. The number of benzene rings is 1. The Balaban J connectivity index is 1.81. The van der Waals surface area contributed by atoms with Crippen molar-refractivity contribution in [3.8, 4) is 5.75 Å². The normalized spacial score (nSPS) is 16.7. The van der Waals surface area contributed by atoms with E-state index in [0.717, 1.165) is 12.8 Å². The number of ketones is 1. The molecule has 0 atom stereocenters. The molecule has 1 saturated carbocycles. The zero-order valence-electron chi connectivity index (χ0n) is 14.9. The van der Waals surface area contributed by atoms with Crippen LogP contribution in [-0.4, -0.2) is 49.4 Å². The second kappa shape index (κ2) is 8.29. The van der Waals surface area contributed by atoms with Crippen LogP contribution in [0.1, 0.15) is 49.4 Å². The van der Waals surface area contributed by atoms with Crippen LogP contribution in [0.5, 0.6) is 5.75 Å². The Bertz CT molecular complexity index is 560. The first-order valence-electron chi connectivity index (χ1n) is 8.61. The van der Waals surface area contributed by atoms with E-state index in [-0.39, 0.29) is 23.8 Å². The average molecular weight is 332 g/mol. The summed E-state index contributed by atoms with van der Waals surface area (Å²) in [6, 6.07) is 6.84. The standard InChI is InChI=1S/C19H28N2O3/c1-15(22)16-7-9-17(10-8-16)24-13-18(23)20-14-19(21(2)3)11-5-4-6-12-19/h7-10H,4-6,11-14H2,1-3H3,(H,20,23). The summed E-state index contributed by atoms with van der Waals surface area (Å²) >= 11 is 0. The molecule has 0 radical (unpaired) electrons. The Morgan fingerprint density at radius 1 is 1.12 bits per heavy atom. The summed E-state index contributed by atoms with van der Waals surface area (Å²) in [5.41, 5.74) is 0.703. The Kier molecular flexibility index (Phi) is 6.37. The molecular weight excluding hydrogens is 304 g/mol. The third kappa shape index (κ3) is 4.81. The van der Waals surface area contributed by atoms with Crippen molar-refractivity contribution in [1.29, 1.82) is 0 Å². The van der Waals surface area contributed by atoms with E-state index in [4.69, 9.17) is 4.74 Å². The van der Waals surface area contributed by atoms with Gasteiger partial charge in [0.15, 0.2) is 12.4 Å². The second-order valence-corrected chi connectivity index (χ2v) is 6.83. The van der Waals surface area contributed by atoms with Gasteiger partial charge in [0.2, 0.25) is 0 Å². The molecule has 5 heteroatoms. The molecule has 24 heavy (non-hydrogen) atoms. The van der Waals surface area contributed by atoms with Crippen LogP contribution < -0.4 is 10.1 Å². The Morgan fingerprint density at radius 2 is 1.75 bits per heavy atom. The van der Waals surface area contributed by atoms with Gasteiger partial charge in [-0.05, 0) is 58.1 Å². The number of likely N-dealkylation sites (N-methyl/N-ethyl adjacent to an activating group) is 1. The third-order valence-electron chi connectivity index (χ3n) is 4.98. The second-order valence-electron chi connectivity index (χ2n) is 6.83. The third-order valence-corrected chi connectivity index (χ3v) is 4.98. The first-order valence-corrected chi connectivity index (χ1v) is 8.61. The summed E-state index contributed by atoms with van der Waals surface area (Å²) in [5.74, 6) is 0.494. The van der Waals surface area contributed by atoms with Crippen LogP contribution in [0, 0.1) is 0 Å². The van der Waals surface area contributed by atoms with Crippen molar-refractivity contribution < 1.29 is 14.3 Å². The fourth-order valence-corrected chi connectivity index (χ4v) is 3.24. The number of amides is 1. The maximum atomic E-state index is 12.1. The molecule has 132 valence electrons. The number of hydrogen-bond donors (Lipinski definition) is 1. The number of rotatable bonds is 7. The first kappa shape index (κ1) is 18.5. The van der Waals surface area contributed by atoms with Crippen molar-refractivity contribution in [2.45, 2.75) is 44.6 Å².